The van der Waals surface area contributed by atoms with Gasteiger partial charge in [-0.25, -0.2) is 0 Å². The van der Waals surface area contributed by atoms with Crippen molar-refractivity contribution < 1.29 is 15.0 Å². The molecule has 19 heavy (non-hydrogen) atoms. The van der Waals surface area contributed by atoms with Crippen LogP contribution in [0.3, 0.4) is 0 Å². The van der Waals surface area contributed by atoms with Crippen LogP contribution in [0, 0.1) is 5.41 Å². The number of nitrogens with one attached hydrogen (secondary N) is 2. The first kappa shape index (κ1) is 13.7. The van der Waals surface area contributed by atoms with Gasteiger partial charge in [0.1, 0.15) is 11.5 Å². The predicted octanol–water partition coefficient (Wildman–Crippen LogP) is 1.22. The van der Waals surface area contributed by atoms with Crippen molar-refractivity contribution in [3.05, 3.63) is 23.8 Å². The molecule has 0 radical (unpaired) electrons. The van der Waals surface area contributed by atoms with Gasteiger partial charge in [-0.05, 0) is 49.5 Å². The summed E-state index contributed by atoms with van der Waals surface area (Å²) in [5.41, 5.74) is 0.199. The molecule has 5 heteroatoms. The van der Waals surface area contributed by atoms with Crippen LogP contribution >= 0.6 is 0 Å². The lowest BCUT2D eigenvalue weighted by Crippen LogP contribution is -2.42. The molecule has 1 aliphatic heterocycles. The van der Waals surface area contributed by atoms with Gasteiger partial charge in [0.2, 0.25) is 0 Å². The lowest BCUT2D eigenvalue weighted by molar-refractivity contribution is 0.0919. The van der Waals surface area contributed by atoms with Crippen molar-refractivity contribution in [1.29, 1.82) is 0 Å². The second-order valence-electron chi connectivity index (χ2n) is 5.44. The predicted molar refractivity (Wildman–Crippen MR) is 72.3 cm³/mol. The fraction of sp³-hybridized carbons (Fsp3) is 0.500. The third-order valence-electron chi connectivity index (χ3n) is 3.71. The Hall–Kier alpha value is -1.75. The molecule has 1 aliphatic rings. The molecule has 1 amide bonds. The van der Waals surface area contributed by atoms with Crippen LogP contribution in [0.2, 0.25) is 0 Å². The average Bonchev–Trinajstić information content (AvgIpc) is 2.40. The van der Waals surface area contributed by atoms with Crippen LogP contribution < -0.4 is 10.6 Å². The Morgan fingerprint density at radius 1 is 1.37 bits per heavy atom. The summed E-state index contributed by atoms with van der Waals surface area (Å²) in [7, 11) is 0. The maximum Gasteiger partial charge on any atom is 0.255 e. The fourth-order valence-electron chi connectivity index (χ4n) is 2.30. The lowest BCUT2D eigenvalue weighted by atomic mass is 9.81. The molecular formula is C14H20N2O3. The number of phenols is 2. The van der Waals surface area contributed by atoms with Crippen LogP contribution in [0.15, 0.2) is 18.2 Å². The Kier molecular flexibility index (Phi) is 3.95. The maximum atomic E-state index is 12.0. The van der Waals surface area contributed by atoms with Crippen LogP contribution in [-0.2, 0) is 0 Å². The summed E-state index contributed by atoms with van der Waals surface area (Å²) in [6, 6.07) is 3.94. The molecule has 4 N–H and O–H groups in total. The first-order valence-electron chi connectivity index (χ1n) is 6.51. The van der Waals surface area contributed by atoms with Crippen molar-refractivity contribution in [2.45, 2.75) is 19.8 Å². The van der Waals surface area contributed by atoms with E-state index in [-0.39, 0.29) is 28.4 Å². The van der Waals surface area contributed by atoms with Gasteiger partial charge >= 0.3 is 0 Å². The highest BCUT2D eigenvalue weighted by atomic mass is 16.3. The number of rotatable bonds is 3. The van der Waals surface area contributed by atoms with Crippen molar-refractivity contribution in [3.63, 3.8) is 0 Å². The van der Waals surface area contributed by atoms with E-state index >= 15 is 0 Å². The first-order chi connectivity index (χ1) is 9.00. The molecule has 104 valence electrons. The number of carbonyl (C=O) groups is 1. The van der Waals surface area contributed by atoms with Gasteiger partial charge in [0.25, 0.3) is 5.91 Å². The minimum atomic E-state index is -0.354. The average molecular weight is 264 g/mol. The summed E-state index contributed by atoms with van der Waals surface area (Å²) in [4.78, 5) is 12.0. The van der Waals surface area contributed by atoms with Crippen LogP contribution in [0.4, 0.5) is 0 Å². The van der Waals surface area contributed by atoms with Crippen molar-refractivity contribution in [2.24, 2.45) is 5.41 Å². The van der Waals surface area contributed by atoms with E-state index in [9.17, 15) is 15.0 Å². The molecule has 0 aliphatic carbocycles. The van der Waals surface area contributed by atoms with E-state index in [0.717, 1.165) is 25.9 Å². The van der Waals surface area contributed by atoms with Crippen molar-refractivity contribution in [3.8, 4) is 11.5 Å². The molecule has 1 saturated heterocycles. The molecule has 0 aromatic heterocycles. The normalized spacial score (nSPS) is 17.9. The number of hydrogen-bond acceptors (Lipinski definition) is 4. The van der Waals surface area contributed by atoms with E-state index in [1.165, 1.54) is 18.2 Å². The van der Waals surface area contributed by atoms with E-state index in [1.807, 2.05) is 0 Å². The Bertz CT molecular complexity index is 468. The van der Waals surface area contributed by atoms with Crippen LogP contribution in [0.1, 0.15) is 30.1 Å². The van der Waals surface area contributed by atoms with E-state index in [0.29, 0.717) is 6.54 Å². The number of phenolic OH excluding ortho intramolecular Hbond substituents is 2. The van der Waals surface area contributed by atoms with Gasteiger partial charge in [0, 0.05) is 6.54 Å². The van der Waals surface area contributed by atoms with Gasteiger partial charge in [-0.2, -0.15) is 0 Å². The Morgan fingerprint density at radius 3 is 2.74 bits per heavy atom. The Balaban J connectivity index is 1.99. The molecule has 5 nitrogen and oxygen atoms in total. The van der Waals surface area contributed by atoms with Gasteiger partial charge < -0.3 is 20.8 Å². The van der Waals surface area contributed by atoms with E-state index < -0.39 is 0 Å². The SMILES string of the molecule is CC1(CNC(=O)c2cc(O)ccc2O)CCNCC1. The van der Waals surface area contributed by atoms with E-state index in [2.05, 4.69) is 17.6 Å². The molecule has 1 heterocycles. The molecular weight excluding hydrogens is 244 g/mol. The zero-order chi connectivity index (χ0) is 13.9. The monoisotopic (exact) mass is 264 g/mol. The van der Waals surface area contributed by atoms with Crippen LogP contribution in [0.5, 0.6) is 11.5 Å². The Morgan fingerprint density at radius 2 is 2.05 bits per heavy atom. The van der Waals surface area contributed by atoms with E-state index in [4.69, 9.17) is 0 Å². The highest BCUT2D eigenvalue weighted by Crippen LogP contribution is 2.27. The molecule has 0 spiro atoms. The molecule has 0 bridgehead atoms. The van der Waals surface area contributed by atoms with E-state index in [1.54, 1.807) is 0 Å². The zero-order valence-electron chi connectivity index (χ0n) is 11.1. The number of amides is 1. The summed E-state index contributed by atoms with van der Waals surface area (Å²) >= 11 is 0. The quantitative estimate of drug-likeness (QED) is 0.619. The lowest BCUT2D eigenvalue weighted by Gasteiger charge is -2.34. The van der Waals surface area contributed by atoms with Crippen molar-refractivity contribution in [2.75, 3.05) is 19.6 Å². The topological polar surface area (TPSA) is 81.6 Å². The third kappa shape index (κ3) is 3.38. The summed E-state index contributed by atoms with van der Waals surface area (Å²) in [5, 5.41) is 25.1. The molecule has 1 aromatic rings. The fourth-order valence-corrected chi connectivity index (χ4v) is 2.30. The summed E-state index contributed by atoms with van der Waals surface area (Å²) in [5.74, 6) is -0.505. The standard InChI is InChI=1S/C14H20N2O3/c1-14(4-6-15-7-5-14)9-16-13(19)11-8-10(17)2-3-12(11)18/h2-3,8,15,17-18H,4-7,9H2,1H3,(H,16,19). The molecule has 0 unspecified atom stereocenters. The van der Waals surface area contributed by atoms with Gasteiger partial charge in [-0.1, -0.05) is 6.92 Å². The molecule has 1 fully saturated rings. The summed E-state index contributed by atoms with van der Waals surface area (Å²) in [6.07, 6.45) is 2.03. The second kappa shape index (κ2) is 5.48. The van der Waals surface area contributed by atoms with Gasteiger partial charge in [-0.3, -0.25) is 4.79 Å². The number of benzene rings is 1. The number of aromatic hydroxyl groups is 2. The largest absolute Gasteiger partial charge is 0.508 e. The zero-order valence-corrected chi connectivity index (χ0v) is 11.1. The first-order valence-corrected chi connectivity index (χ1v) is 6.51. The molecule has 0 saturated carbocycles. The van der Waals surface area contributed by atoms with Crippen molar-refractivity contribution in [1.82, 2.24) is 10.6 Å². The summed E-state index contributed by atoms with van der Waals surface area (Å²) in [6.45, 7) is 4.65. The second-order valence-corrected chi connectivity index (χ2v) is 5.44. The summed E-state index contributed by atoms with van der Waals surface area (Å²) < 4.78 is 0. The third-order valence-corrected chi connectivity index (χ3v) is 3.71. The van der Waals surface area contributed by atoms with Gasteiger partial charge in [-0.15, -0.1) is 0 Å². The smallest absolute Gasteiger partial charge is 0.255 e. The maximum absolute atomic E-state index is 12.0. The van der Waals surface area contributed by atoms with Crippen molar-refractivity contribution >= 4 is 5.91 Å². The minimum absolute atomic E-state index is 0.0315. The molecule has 2 rings (SSSR count). The number of carbonyl (C=O) groups excluding carboxylic acids is 1. The molecule has 1 aromatic carbocycles. The molecule has 0 atom stereocenters. The van der Waals surface area contributed by atoms with Gasteiger partial charge in [0.05, 0.1) is 5.56 Å². The van der Waals surface area contributed by atoms with Crippen LogP contribution in [-0.4, -0.2) is 35.8 Å². The highest BCUT2D eigenvalue weighted by molar-refractivity contribution is 5.97. The van der Waals surface area contributed by atoms with Gasteiger partial charge in [0.15, 0.2) is 0 Å². The minimum Gasteiger partial charge on any atom is -0.508 e. The number of piperidine rings is 1. The Labute approximate surface area is 112 Å². The van der Waals surface area contributed by atoms with Crippen LogP contribution in [0.25, 0.3) is 0 Å². The number of hydrogen-bond donors (Lipinski definition) is 4. The highest BCUT2D eigenvalue weighted by Gasteiger charge is 2.27.